The predicted molar refractivity (Wildman–Crippen MR) is 91.9 cm³/mol. The summed E-state index contributed by atoms with van der Waals surface area (Å²) in [6, 6.07) is 8.54. The summed E-state index contributed by atoms with van der Waals surface area (Å²) >= 11 is 0. The number of aromatic nitrogens is 3. The van der Waals surface area contributed by atoms with E-state index in [2.05, 4.69) is 53.3 Å². The zero-order valence-corrected chi connectivity index (χ0v) is 14.1. The third kappa shape index (κ3) is 3.39. The first-order chi connectivity index (χ1) is 11.2. The average Bonchev–Trinajstić information content (AvgIpc) is 2.99. The fourth-order valence-electron chi connectivity index (χ4n) is 3.22. The van der Waals surface area contributed by atoms with Crippen molar-refractivity contribution in [1.29, 1.82) is 0 Å². The van der Waals surface area contributed by atoms with Gasteiger partial charge in [-0.1, -0.05) is 25.5 Å². The highest BCUT2D eigenvalue weighted by molar-refractivity contribution is 5.51. The van der Waals surface area contributed by atoms with Crippen LogP contribution >= 0.6 is 0 Å². The quantitative estimate of drug-likeness (QED) is 0.922. The molecular formula is C18H26N4O. The first-order valence-corrected chi connectivity index (χ1v) is 8.62. The monoisotopic (exact) mass is 314 g/mol. The van der Waals surface area contributed by atoms with Crippen molar-refractivity contribution in [2.75, 3.05) is 18.0 Å². The summed E-state index contributed by atoms with van der Waals surface area (Å²) in [5.74, 6) is 0.842. The Morgan fingerprint density at radius 1 is 1.13 bits per heavy atom. The highest BCUT2D eigenvalue weighted by Gasteiger charge is 2.17. The SMILES string of the molecule is CCCc1c(CO)nnn1-c1ccc(N2CCC(C)CC2)cc1. The summed E-state index contributed by atoms with van der Waals surface area (Å²) < 4.78 is 1.86. The van der Waals surface area contributed by atoms with Gasteiger partial charge in [0.25, 0.3) is 0 Å². The third-order valence-electron chi connectivity index (χ3n) is 4.72. The minimum absolute atomic E-state index is 0.0562. The van der Waals surface area contributed by atoms with E-state index in [-0.39, 0.29) is 6.61 Å². The van der Waals surface area contributed by atoms with Crippen LogP contribution in [0.1, 0.15) is 44.5 Å². The Labute approximate surface area is 137 Å². The van der Waals surface area contributed by atoms with Crippen LogP contribution in [-0.2, 0) is 13.0 Å². The minimum atomic E-state index is -0.0562. The molecule has 1 aliphatic rings. The maximum Gasteiger partial charge on any atom is 0.112 e. The van der Waals surface area contributed by atoms with E-state index >= 15 is 0 Å². The van der Waals surface area contributed by atoms with Crippen molar-refractivity contribution in [3.63, 3.8) is 0 Å². The van der Waals surface area contributed by atoms with Gasteiger partial charge in [0.05, 0.1) is 18.0 Å². The molecule has 0 bridgehead atoms. The number of benzene rings is 1. The summed E-state index contributed by atoms with van der Waals surface area (Å²) in [4.78, 5) is 2.46. The fourth-order valence-corrected chi connectivity index (χ4v) is 3.22. The molecule has 5 heteroatoms. The van der Waals surface area contributed by atoms with Crippen molar-refractivity contribution >= 4 is 5.69 Å². The molecule has 0 saturated carbocycles. The standard InChI is InChI=1S/C18H26N4O/c1-3-4-18-17(13-23)19-20-22(18)16-7-5-15(6-8-16)21-11-9-14(2)10-12-21/h5-8,14,23H,3-4,9-13H2,1-2H3. The molecule has 0 spiro atoms. The smallest absolute Gasteiger partial charge is 0.112 e. The Kier molecular flexibility index (Phi) is 4.96. The van der Waals surface area contributed by atoms with Crippen LogP contribution in [0.5, 0.6) is 0 Å². The van der Waals surface area contributed by atoms with E-state index in [0.29, 0.717) is 5.69 Å². The molecule has 0 amide bonds. The topological polar surface area (TPSA) is 54.2 Å². The highest BCUT2D eigenvalue weighted by Crippen LogP contribution is 2.24. The van der Waals surface area contributed by atoms with Crippen molar-refractivity contribution < 1.29 is 5.11 Å². The molecule has 0 atom stereocenters. The first-order valence-electron chi connectivity index (χ1n) is 8.62. The van der Waals surface area contributed by atoms with Gasteiger partial charge in [0.2, 0.25) is 0 Å². The van der Waals surface area contributed by atoms with Gasteiger partial charge in [-0.3, -0.25) is 0 Å². The van der Waals surface area contributed by atoms with Gasteiger partial charge in [-0.15, -0.1) is 5.10 Å². The van der Waals surface area contributed by atoms with Crippen molar-refractivity contribution in [2.45, 2.75) is 46.1 Å². The Morgan fingerprint density at radius 2 is 1.78 bits per heavy atom. The second-order valence-corrected chi connectivity index (χ2v) is 6.49. The minimum Gasteiger partial charge on any atom is -0.390 e. The van der Waals surface area contributed by atoms with Crippen molar-refractivity contribution in [1.82, 2.24) is 15.0 Å². The van der Waals surface area contributed by atoms with Crippen LogP contribution in [0.25, 0.3) is 5.69 Å². The summed E-state index contributed by atoms with van der Waals surface area (Å²) in [6.45, 7) is 6.68. The number of rotatable bonds is 5. The summed E-state index contributed by atoms with van der Waals surface area (Å²) in [5.41, 5.74) is 3.98. The van der Waals surface area contributed by atoms with Gasteiger partial charge in [-0.2, -0.15) is 0 Å². The van der Waals surface area contributed by atoms with Crippen LogP contribution in [0.15, 0.2) is 24.3 Å². The van der Waals surface area contributed by atoms with Gasteiger partial charge in [-0.05, 0) is 49.4 Å². The van der Waals surface area contributed by atoms with Gasteiger partial charge in [-0.25, -0.2) is 4.68 Å². The van der Waals surface area contributed by atoms with Crippen molar-refractivity contribution in [3.8, 4) is 5.69 Å². The average molecular weight is 314 g/mol. The summed E-state index contributed by atoms with van der Waals surface area (Å²) in [6.07, 6.45) is 4.41. The third-order valence-corrected chi connectivity index (χ3v) is 4.72. The van der Waals surface area contributed by atoms with Crippen LogP contribution in [0.4, 0.5) is 5.69 Å². The number of aliphatic hydroxyl groups is 1. The second kappa shape index (κ2) is 7.13. The molecule has 3 rings (SSSR count). The molecule has 5 nitrogen and oxygen atoms in total. The molecule has 1 saturated heterocycles. The number of nitrogens with zero attached hydrogens (tertiary/aromatic N) is 4. The van der Waals surface area contributed by atoms with Gasteiger partial charge < -0.3 is 10.0 Å². The van der Waals surface area contributed by atoms with E-state index in [1.165, 1.54) is 18.5 Å². The Hall–Kier alpha value is -1.88. The second-order valence-electron chi connectivity index (χ2n) is 6.49. The van der Waals surface area contributed by atoms with Crippen molar-refractivity contribution in [3.05, 3.63) is 35.7 Å². The Balaban J connectivity index is 1.81. The van der Waals surface area contributed by atoms with E-state index in [1.807, 2.05) is 4.68 Å². The number of piperidine rings is 1. The lowest BCUT2D eigenvalue weighted by Gasteiger charge is -2.32. The van der Waals surface area contributed by atoms with Gasteiger partial charge in [0.15, 0.2) is 0 Å². The van der Waals surface area contributed by atoms with Gasteiger partial charge >= 0.3 is 0 Å². The number of aliphatic hydroxyl groups excluding tert-OH is 1. The summed E-state index contributed by atoms with van der Waals surface area (Å²) in [5, 5.41) is 17.7. The lowest BCUT2D eigenvalue weighted by Crippen LogP contribution is -2.32. The van der Waals surface area contributed by atoms with Crippen LogP contribution in [-0.4, -0.2) is 33.2 Å². The molecule has 2 heterocycles. The maximum absolute atomic E-state index is 9.42. The molecule has 0 unspecified atom stereocenters. The van der Waals surface area contributed by atoms with E-state index in [9.17, 15) is 5.11 Å². The number of anilines is 1. The first kappa shape index (κ1) is 16.0. The maximum atomic E-state index is 9.42. The van der Waals surface area contributed by atoms with Gasteiger partial charge in [0.1, 0.15) is 5.69 Å². The van der Waals surface area contributed by atoms with E-state index < -0.39 is 0 Å². The zero-order valence-electron chi connectivity index (χ0n) is 14.1. The zero-order chi connectivity index (χ0) is 16.2. The molecule has 0 aliphatic carbocycles. The van der Waals surface area contributed by atoms with Crippen LogP contribution in [0, 0.1) is 5.92 Å². The lowest BCUT2D eigenvalue weighted by atomic mass is 9.99. The molecule has 2 aromatic rings. The van der Waals surface area contributed by atoms with Crippen molar-refractivity contribution in [2.24, 2.45) is 5.92 Å². The molecule has 1 aromatic carbocycles. The molecular weight excluding hydrogens is 288 g/mol. The molecule has 23 heavy (non-hydrogen) atoms. The van der Waals surface area contributed by atoms with E-state index in [4.69, 9.17) is 0 Å². The summed E-state index contributed by atoms with van der Waals surface area (Å²) in [7, 11) is 0. The Morgan fingerprint density at radius 3 is 2.39 bits per heavy atom. The highest BCUT2D eigenvalue weighted by atomic mass is 16.3. The Bertz CT molecular complexity index is 627. The van der Waals surface area contributed by atoms with Gasteiger partial charge in [0, 0.05) is 18.8 Å². The predicted octanol–water partition coefficient (Wildman–Crippen LogP) is 2.95. The molecule has 1 aliphatic heterocycles. The molecule has 124 valence electrons. The molecule has 1 N–H and O–H groups in total. The van der Waals surface area contributed by atoms with Crippen LogP contribution < -0.4 is 4.90 Å². The molecule has 1 fully saturated rings. The van der Waals surface area contributed by atoms with Crippen LogP contribution in [0.3, 0.4) is 0 Å². The molecule has 1 aromatic heterocycles. The largest absolute Gasteiger partial charge is 0.390 e. The normalized spacial score (nSPS) is 16.0. The number of hydrogen-bond donors (Lipinski definition) is 1. The van der Waals surface area contributed by atoms with E-state index in [1.54, 1.807) is 0 Å². The molecule has 0 radical (unpaired) electrons. The fraction of sp³-hybridized carbons (Fsp3) is 0.556. The van der Waals surface area contributed by atoms with E-state index in [0.717, 1.165) is 43.2 Å². The lowest BCUT2D eigenvalue weighted by molar-refractivity contribution is 0.275. The number of hydrogen-bond acceptors (Lipinski definition) is 4. The van der Waals surface area contributed by atoms with Crippen LogP contribution in [0.2, 0.25) is 0 Å².